The van der Waals surface area contributed by atoms with Gasteiger partial charge in [0.1, 0.15) is 5.75 Å². The lowest BCUT2D eigenvalue weighted by Crippen LogP contribution is -2.35. The molecule has 2 aromatic carbocycles. The lowest BCUT2D eigenvalue weighted by molar-refractivity contribution is 0.112. The Balaban J connectivity index is 2.25. The van der Waals surface area contributed by atoms with Crippen LogP contribution in [0.15, 0.2) is 47.4 Å². The second kappa shape index (κ2) is 7.60. The molecule has 2 aromatic rings. The molecule has 0 bridgehead atoms. The molecule has 1 N–H and O–H groups in total. The molecule has 3 rings (SSSR count). The van der Waals surface area contributed by atoms with Gasteiger partial charge in [-0.3, -0.25) is 4.79 Å². The number of carbonyl (C=O) groups is 1. The number of nitrogens with one attached hydrogen (secondary N) is 1. The van der Waals surface area contributed by atoms with Crippen molar-refractivity contribution in [3.8, 4) is 5.75 Å². The average molecular weight is 373 g/mol. The maximum absolute atomic E-state index is 13.0. The predicted octanol–water partition coefficient (Wildman–Crippen LogP) is 3.14. The first kappa shape index (κ1) is 18.6. The zero-order valence-corrected chi connectivity index (χ0v) is 15.8. The molecule has 0 radical (unpaired) electrons. The van der Waals surface area contributed by atoms with Gasteiger partial charge in [-0.15, -0.1) is 0 Å². The van der Waals surface area contributed by atoms with E-state index in [9.17, 15) is 13.2 Å². The fourth-order valence-corrected chi connectivity index (χ4v) is 5.33. The van der Waals surface area contributed by atoms with Crippen LogP contribution in [-0.4, -0.2) is 33.6 Å². The number of hydrogen-bond acceptors (Lipinski definition) is 5. The van der Waals surface area contributed by atoms with Gasteiger partial charge in [-0.25, -0.2) is 8.42 Å². The van der Waals surface area contributed by atoms with Crippen LogP contribution in [0.25, 0.3) is 0 Å². The second-order valence-corrected chi connectivity index (χ2v) is 8.53. The highest BCUT2D eigenvalue weighted by atomic mass is 32.2. The van der Waals surface area contributed by atoms with Gasteiger partial charge in [0.05, 0.1) is 29.4 Å². The lowest BCUT2D eigenvalue weighted by atomic mass is 9.96. The van der Waals surface area contributed by atoms with Crippen molar-refractivity contribution in [1.82, 2.24) is 5.32 Å². The average Bonchev–Trinajstić information content (AvgIpc) is 2.75. The zero-order valence-electron chi connectivity index (χ0n) is 14.9. The van der Waals surface area contributed by atoms with Crippen molar-refractivity contribution in [1.29, 1.82) is 0 Å². The summed E-state index contributed by atoms with van der Waals surface area (Å²) in [6, 6.07) is 12.4. The van der Waals surface area contributed by atoms with Crippen LogP contribution < -0.4 is 10.1 Å². The zero-order chi connectivity index (χ0) is 18.7. The van der Waals surface area contributed by atoms with E-state index in [0.717, 1.165) is 18.4 Å². The predicted molar refractivity (Wildman–Crippen MR) is 101 cm³/mol. The van der Waals surface area contributed by atoms with E-state index in [1.807, 2.05) is 37.3 Å². The minimum Gasteiger partial charge on any atom is -0.496 e. The highest BCUT2D eigenvalue weighted by Gasteiger charge is 2.34. The molecule has 0 amide bonds. The second-order valence-electron chi connectivity index (χ2n) is 6.53. The Bertz CT molecular complexity index is 894. The molecular weight excluding hydrogens is 350 g/mol. The highest BCUT2D eigenvalue weighted by Crippen LogP contribution is 2.36. The molecule has 1 heterocycles. The van der Waals surface area contributed by atoms with E-state index in [1.54, 1.807) is 6.07 Å². The first-order chi connectivity index (χ1) is 12.5. The number of sulfone groups is 1. The van der Waals surface area contributed by atoms with Gasteiger partial charge in [0.15, 0.2) is 16.1 Å². The molecule has 2 unspecified atom stereocenters. The summed E-state index contributed by atoms with van der Waals surface area (Å²) < 4.78 is 31.4. The Hall–Kier alpha value is -2.18. The Morgan fingerprint density at radius 3 is 2.58 bits per heavy atom. The van der Waals surface area contributed by atoms with Crippen molar-refractivity contribution in [2.24, 2.45) is 0 Å². The molecule has 1 aliphatic heterocycles. The smallest absolute Gasteiger partial charge is 0.180 e. The lowest BCUT2D eigenvalue weighted by Gasteiger charge is -2.23. The molecule has 0 spiro atoms. The molecule has 138 valence electrons. The Kier molecular flexibility index (Phi) is 5.44. The minimum atomic E-state index is -3.53. The Morgan fingerprint density at radius 2 is 1.96 bits per heavy atom. The van der Waals surface area contributed by atoms with Gasteiger partial charge in [0, 0.05) is 6.04 Å². The van der Waals surface area contributed by atoms with E-state index in [-0.39, 0.29) is 28.3 Å². The van der Waals surface area contributed by atoms with Crippen LogP contribution in [0.1, 0.15) is 47.3 Å². The third-order valence-electron chi connectivity index (χ3n) is 4.73. The van der Waals surface area contributed by atoms with E-state index >= 15 is 0 Å². The van der Waals surface area contributed by atoms with Gasteiger partial charge < -0.3 is 10.1 Å². The van der Waals surface area contributed by atoms with E-state index in [1.165, 1.54) is 13.2 Å². The summed E-state index contributed by atoms with van der Waals surface area (Å²) in [4.78, 5) is 11.6. The van der Waals surface area contributed by atoms with Crippen LogP contribution >= 0.6 is 0 Å². The quantitative estimate of drug-likeness (QED) is 0.815. The number of ether oxygens (including phenoxy) is 1. The maximum atomic E-state index is 13.0. The van der Waals surface area contributed by atoms with Crippen LogP contribution in [0.3, 0.4) is 0 Å². The fourth-order valence-electron chi connectivity index (χ4n) is 3.52. The van der Waals surface area contributed by atoms with Crippen molar-refractivity contribution in [3.63, 3.8) is 0 Å². The highest BCUT2D eigenvalue weighted by molar-refractivity contribution is 7.91. The van der Waals surface area contributed by atoms with Crippen molar-refractivity contribution < 1.29 is 17.9 Å². The van der Waals surface area contributed by atoms with Crippen LogP contribution in [0.2, 0.25) is 0 Å². The molecule has 0 fully saturated rings. The summed E-state index contributed by atoms with van der Waals surface area (Å²) in [5.41, 5.74) is 1.85. The molecule has 0 saturated carbocycles. The van der Waals surface area contributed by atoms with Gasteiger partial charge in [-0.1, -0.05) is 43.7 Å². The normalized spacial score (nSPS) is 21.5. The summed E-state index contributed by atoms with van der Waals surface area (Å²) in [5, 5.41) is 3.51. The summed E-state index contributed by atoms with van der Waals surface area (Å²) in [7, 11) is -2.05. The van der Waals surface area contributed by atoms with E-state index in [4.69, 9.17) is 4.74 Å². The molecule has 0 saturated heterocycles. The summed E-state index contributed by atoms with van der Waals surface area (Å²) in [6.45, 7) is 2.04. The number of hydrogen-bond donors (Lipinski definition) is 1. The van der Waals surface area contributed by atoms with Crippen molar-refractivity contribution in [2.45, 2.75) is 36.7 Å². The van der Waals surface area contributed by atoms with Crippen molar-refractivity contribution >= 4 is 16.1 Å². The SMILES string of the molecule is CCCC1CS(=O)(=O)c2cc(C=O)c(OC)cc2C(c2ccccc2)N1. The Labute approximate surface area is 154 Å². The first-order valence-corrected chi connectivity index (χ1v) is 10.4. The number of rotatable bonds is 5. The first-order valence-electron chi connectivity index (χ1n) is 8.71. The van der Waals surface area contributed by atoms with Gasteiger partial charge >= 0.3 is 0 Å². The van der Waals surface area contributed by atoms with Crippen LogP contribution in [0.4, 0.5) is 0 Å². The van der Waals surface area contributed by atoms with Crippen molar-refractivity contribution in [2.75, 3.05) is 12.9 Å². The number of benzene rings is 2. The largest absolute Gasteiger partial charge is 0.496 e. The number of carbonyl (C=O) groups excluding carboxylic acids is 1. The minimum absolute atomic E-state index is 0.0157. The van der Waals surface area contributed by atoms with Crippen molar-refractivity contribution in [3.05, 3.63) is 59.2 Å². The van der Waals surface area contributed by atoms with E-state index in [0.29, 0.717) is 17.6 Å². The van der Waals surface area contributed by atoms with E-state index < -0.39 is 9.84 Å². The summed E-state index contributed by atoms with van der Waals surface area (Å²) >= 11 is 0. The molecular formula is C20H23NO4S. The topological polar surface area (TPSA) is 72.5 Å². The van der Waals surface area contributed by atoms with Crippen LogP contribution in [0.5, 0.6) is 5.75 Å². The molecule has 6 heteroatoms. The molecule has 26 heavy (non-hydrogen) atoms. The van der Waals surface area contributed by atoms with E-state index in [2.05, 4.69) is 5.32 Å². The van der Waals surface area contributed by atoms with Crippen LogP contribution in [-0.2, 0) is 9.84 Å². The monoisotopic (exact) mass is 373 g/mol. The number of aldehydes is 1. The van der Waals surface area contributed by atoms with Crippen LogP contribution in [0, 0.1) is 0 Å². The van der Waals surface area contributed by atoms with Gasteiger partial charge in [-0.05, 0) is 29.7 Å². The Morgan fingerprint density at radius 1 is 1.23 bits per heavy atom. The van der Waals surface area contributed by atoms with Gasteiger partial charge in [-0.2, -0.15) is 0 Å². The maximum Gasteiger partial charge on any atom is 0.180 e. The van der Waals surface area contributed by atoms with Gasteiger partial charge in [0.2, 0.25) is 0 Å². The van der Waals surface area contributed by atoms with Gasteiger partial charge in [0.25, 0.3) is 0 Å². The molecule has 2 atom stereocenters. The molecule has 0 aromatic heterocycles. The number of fused-ring (bicyclic) bond motifs is 1. The molecule has 5 nitrogen and oxygen atoms in total. The third-order valence-corrected chi connectivity index (χ3v) is 6.59. The summed E-state index contributed by atoms with van der Waals surface area (Å²) in [6.07, 6.45) is 2.27. The molecule has 0 aliphatic carbocycles. The third kappa shape index (κ3) is 3.52. The molecule has 1 aliphatic rings. The standard InChI is InChI=1S/C20H23NO4S/c1-3-7-16-13-26(23,24)19-10-15(12-22)18(25-2)11-17(19)20(21-16)14-8-5-4-6-9-14/h4-6,8-12,16,20-21H,3,7,13H2,1-2H3. The number of methoxy groups -OCH3 is 1. The summed E-state index contributed by atoms with van der Waals surface area (Å²) in [5.74, 6) is 0.396. The fraction of sp³-hybridized carbons (Fsp3) is 0.350.